The molecule has 1 N–H and O–H groups in total. The molecule has 0 spiro atoms. The van der Waals surface area contributed by atoms with Crippen LogP contribution in [0.4, 0.5) is 0 Å². The summed E-state index contributed by atoms with van der Waals surface area (Å²) in [5.41, 5.74) is 0. The summed E-state index contributed by atoms with van der Waals surface area (Å²) in [4.78, 5) is 49.7. The summed E-state index contributed by atoms with van der Waals surface area (Å²) in [5, 5.41) is 2.55. The fraction of sp³-hybridized carbons (Fsp3) is 0.750. The van der Waals surface area contributed by atoms with E-state index in [4.69, 9.17) is 4.74 Å². The van der Waals surface area contributed by atoms with E-state index in [1.54, 1.807) is 6.92 Å². The molecule has 0 aromatic heterocycles. The molecular formula is C16H24N2O5. The third kappa shape index (κ3) is 3.38. The van der Waals surface area contributed by atoms with E-state index in [0.717, 1.165) is 17.7 Å². The minimum atomic E-state index is -1.00. The van der Waals surface area contributed by atoms with Crippen molar-refractivity contribution >= 4 is 23.7 Å². The maximum atomic E-state index is 12.4. The molecule has 0 aromatic carbocycles. The Hall–Kier alpha value is -1.92. The van der Waals surface area contributed by atoms with E-state index < -0.39 is 24.0 Å². The number of esters is 1. The van der Waals surface area contributed by atoms with Crippen molar-refractivity contribution in [2.75, 3.05) is 6.54 Å². The lowest BCUT2D eigenvalue weighted by molar-refractivity contribution is -0.164. The van der Waals surface area contributed by atoms with E-state index in [0.29, 0.717) is 19.4 Å². The van der Waals surface area contributed by atoms with Crippen molar-refractivity contribution in [2.45, 2.75) is 58.6 Å². The quantitative estimate of drug-likeness (QED) is 0.591. The number of imide groups is 1. The highest BCUT2D eigenvalue weighted by Gasteiger charge is 2.51. The van der Waals surface area contributed by atoms with Gasteiger partial charge in [0.2, 0.25) is 11.8 Å². The summed E-state index contributed by atoms with van der Waals surface area (Å²) in [5.74, 6) is -2.30. The lowest BCUT2D eigenvalue weighted by Gasteiger charge is -2.23. The van der Waals surface area contributed by atoms with Crippen LogP contribution in [0.3, 0.4) is 0 Å². The summed E-state index contributed by atoms with van der Waals surface area (Å²) in [6.07, 6.45) is 2.30. The first-order chi connectivity index (χ1) is 10.9. The van der Waals surface area contributed by atoms with Crippen LogP contribution in [-0.4, -0.2) is 47.3 Å². The van der Waals surface area contributed by atoms with Crippen molar-refractivity contribution in [3.63, 3.8) is 0 Å². The van der Waals surface area contributed by atoms with Gasteiger partial charge in [0.05, 0.1) is 11.8 Å². The van der Waals surface area contributed by atoms with E-state index >= 15 is 0 Å². The first kappa shape index (κ1) is 17.4. The molecule has 4 atom stereocenters. The van der Waals surface area contributed by atoms with Crippen LogP contribution in [-0.2, 0) is 23.9 Å². The smallest absolute Gasteiger partial charge is 0.329 e. The van der Waals surface area contributed by atoms with Crippen molar-refractivity contribution < 1.29 is 23.9 Å². The average molecular weight is 324 g/mol. The topological polar surface area (TPSA) is 92.8 Å². The third-order valence-corrected chi connectivity index (χ3v) is 4.62. The SMILES string of the molecule is CCNC(=O)[C@@H](C)OC(=O)[C@H](C)N1C(=O)[C@H]2CCCC[C@@H]2C1=O. The molecule has 0 unspecified atom stereocenters. The van der Waals surface area contributed by atoms with Crippen molar-refractivity contribution in [2.24, 2.45) is 11.8 Å². The molecular weight excluding hydrogens is 300 g/mol. The van der Waals surface area contributed by atoms with Crippen molar-refractivity contribution in [1.82, 2.24) is 10.2 Å². The van der Waals surface area contributed by atoms with Crippen LogP contribution >= 0.6 is 0 Å². The molecule has 2 fully saturated rings. The van der Waals surface area contributed by atoms with Gasteiger partial charge in [-0.2, -0.15) is 0 Å². The number of carbonyl (C=O) groups excluding carboxylic acids is 4. The Morgan fingerprint density at radius 2 is 1.70 bits per heavy atom. The Morgan fingerprint density at radius 1 is 1.17 bits per heavy atom. The Balaban J connectivity index is 2.03. The average Bonchev–Trinajstić information content (AvgIpc) is 2.78. The van der Waals surface area contributed by atoms with Gasteiger partial charge in [0.1, 0.15) is 6.04 Å². The van der Waals surface area contributed by atoms with Gasteiger partial charge in [-0.05, 0) is 33.6 Å². The van der Waals surface area contributed by atoms with Gasteiger partial charge in [-0.15, -0.1) is 0 Å². The van der Waals surface area contributed by atoms with Crippen LogP contribution in [0, 0.1) is 11.8 Å². The zero-order chi connectivity index (χ0) is 17.1. The number of nitrogens with one attached hydrogen (secondary N) is 1. The molecule has 0 bridgehead atoms. The molecule has 3 amide bonds. The molecule has 128 valence electrons. The van der Waals surface area contributed by atoms with Gasteiger partial charge in [-0.1, -0.05) is 12.8 Å². The highest BCUT2D eigenvalue weighted by molar-refractivity contribution is 6.07. The zero-order valence-corrected chi connectivity index (χ0v) is 13.8. The summed E-state index contributed by atoms with van der Waals surface area (Å²) in [6, 6.07) is -1.00. The molecule has 1 heterocycles. The molecule has 0 radical (unpaired) electrons. The minimum absolute atomic E-state index is 0.283. The number of ether oxygens (including phenoxy) is 1. The predicted molar refractivity (Wildman–Crippen MR) is 81.0 cm³/mol. The van der Waals surface area contributed by atoms with Gasteiger partial charge in [0, 0.05) is 6.54 Å². The number of likely N-dealkylation sites (tertiary alicyclic amines) is 1. The maximum Gasteiger partial charge on any atom is 0.329 e. The van der Waals surface area contributed by atoms with Crippen LogP contribution in [0.15, 0.2) is 0 Å². The van der Waals surface area contributed by atoms with Gasteiger partial charge in [0.25, 0.3) is 5.91 Å². The highest BCUT2D eigenvalue weighted by atomic mass is 16.5. The van der Waals surface area contributed by atoms with Crippen LogP contribution in [0.25, 0.3) is 0 Å². The normalized spacial score (nSPS) is 26.5. The molecule has 1 aliphatic heterocycles. The summed E-state index contributed by atoms with van der Waals surface area (Å²) >= 11 is 0. The van der Waals surface area contributed by atoms with Crippen LogP contribution in [0.2, 0.25) is 0 Å². The summed E-state index contributed by atoms with van der Waals surface area (Å²) < 4.78 is 5.09. The van der Waals surface area contributed by atoms with Gasteiger partial charge in [0.15, 0.2) is 6.10 Å². The number of hydrogen-bond donors (Lipinski definition) is 1. The van der Waals surface area contributed by atoms with Crippen LogP contribution in [0.1, 0.15) is 46.5 Å². The third-order valence-electron chi connectivity index (χ3n) is 4.62. The largest absolute Gasteiger partial charge is 0.451 e. The van der Waals surface area contributed by atoms with Crippen molar-refractivity contribution in [3.8, 4) is 0 Å². The fourth-order valence-corrected chi connectivity index (χ4v) is 3.32. The standard InChI is InChI=1S/C16H24N2O5/c1-4-17-13(19)10(3)23-16(22)9(2)18-14(20)11-7-5-6-8-12(11)15(18)21/h9-12H,4-8H2,1-3H3,(H,17,19)/t9-,10+,11-,12-/m0/s1. The van der Waals surface area contributed by atoms with Crippen molar-refractivity contribution in [3.05, 3.63) is 0 Å². The number of carbonyl (C=O) groups is 4. The minimum Gasteiger partial charge on any atom is -0.451 e. The highest BCUT2D eigenvalue weighted by Crippen LogP contribution is 2.38. The van der Waals surface area contributed by atoms with E-state index in [-0.39, 0.29) is 23.7 Å². The number of likely N-dealkylation sites (N-methyl/N-ethyl adjacent to an activating group) is 1. The van der Waals surface area contributed by atoms with E-state index in [1.807, 2.05) is 0 Å². The lowest BCUT2D eigenvalue weighted by atomic mass is 9.81. The lowest BCUT2D eigenvalue weighted by Crippen LogP contribution is -2.46. The molecule has 7 heteroatoms. The molecule has 1 saturated carbocycles. The number of nitrogens with zero attached hydrogens (tertiary/aromatic N) is 1. The summed E-state index contributed by atoms with van der Waals surface area (Å²) in [7, 11) is 0. The first-order valence-corrected chi connectivity index (χ1v) is 8.23. The Morgan fingerprint density at radius 3 is 2.17 bits per heavy atom. The predicted octanol–water partition coefficient (Wildman–Crippen LogP) is 0.618. The molecule has 1 saturated heterocycles. The number of hydrogen-bond acceptors (Lipinski definition) is 5. The number of amides is 3. The zero-order valence-electron chi connectivity index (χ0n) is 13.8. The van der Waals surface area contributed by atoms with E-state index in [9.17, 15) is 19.2 Å². The molecule has 2 aliphatic rings. The molecule has 7 nitrogen and oxygen atoms in total. The van der Waals surface area contributed by atoms with Crippen LogP contribution in [0.5, 0.6) is 0 Å². The second-order valence-corrected chi connectivity index (χ2v) is 6.19. The Bertz CT molecular complexity index is 495. The van der Waals surface area contributed by atoms with E-state index in [2.05, 4.69) is 5.32 Å². The van der Waals surface area contributed by atoms with Gasteiger partial charge < -0.3 is 10.1 Å². The van der Waals surface area contributed by atoms with Gasteiger partial charge in [-0.25, -0.2) is 4.79 Å². The van der Waals surface area contributed by atoms with E-state index in [1.165, 1.54) is 13.8 Å². The Labute approximate surface area is 135 Å². The van der Waals surface area contributed by atoms with Gasteiger partial charge in [-0.3, -0.25) is 19.3 Å². The second kappa shape index (κ2) is 7.10. The Kier molecular flexibility index (Phi) is 5.38. The first-order valence-electron chi connectivity index (χ1n) is 8.23. The monoisotopic (exact) mass is 324 g/mol. The molecule has 2 rings (SSSR count). The molecule has 0 aromatic rings. The maximum absolute atomic E-state index is 12.4. The van der Waals surface area contributed by atoms with Crippen LogP contribution < -0.4 is 5.32 Å². The number of rotatable bonds is 5. The summed E-state index contributed by atoms with van der Waals surface area (Å²) in [6.45, 7) is 5.13. The van der Waals surface area contributed by atoms with Crippen molar-refractivity contribution in [1.29, 1.82) is 0 Å². The second-order valence-electron chi connectivity index (χ2n) is 6.19. The fourth-order valence-electron chi connectivity index (χ4n) is 3.32. The van der Waals surface area contributed by atoms with Gasteiger partial charge >= 0.3 is 5.97 Å². The molecule has 1 aliphatic carbocycles. The molecule has 23 heavy (non-hydrogen) atoms. The number of fused-ring (bicyclic) bond motifs is 1.